The lowest BCUT2D eigenvalue weighted by atomic mass is 9.93. The third-order valence-corrected chi connectivity index (χ3v) is 5.18. The summed E-state index contributed by atoms with van der Waals surface area (Å²) in [6, 6.07) is 0. The fourth-order valence-electron chi connectivity index (χ4n) is 2.43. The molecule has 8 heteroatoms. The van der Waals surface area contributed by atoms with Gasteiger partial charge in [-0.15, -0.1) is 0 Å². The Balaban J connectivity index is 2.12. The van der Waals surface area contributed by atoms with Crippen LogP contribution >= 0.6 is 31.9 Å². The first-order chi connectivity index (χ1) is 10.1. The Hall–Kier alpha value is -0.990. The molecule has 114 valence electrons. The lowest BCUT2D eigenvalue weighted by Crippen LogP contribution is -2.17. The van der Waals surface area contributed by atoms with Gasteiger partial charge in [0.05, 0.1) is 28.4 Å². The molecule has 0 aromatic heterocycles. The average molecular weight is 423 g/mol. The molecule has 2 aliphatic heterocycles. The smallest absolute Gasteiger partial charge is 0.231 e. The number of benzene rings is 1. The quantitative estimate of drug-likeness (QED) is 0.810. The molecule has 6 nitrogen and oxygen atoms in total. The molecule has 0 spiro atoms. The van der Waals surface area contributed by atoms with Gasteiger partial charge >= 0.3 is 0 Å². The summed E-state index contributed by atoms with van der Waals surface area (Å²) >= 11 is 7.08. The summed E-state index contributed by atoms with van der Waals surface area (Å²) in [7, 11) is 1.56. The fourth-order valence-corrected chi connectivity index (χ4v) is 4.18. The van der Waals surface area contributed by atoms with Gasteiger partial charge in [-0.1, -0.05) is 12.1 Å². The lowest BCUT2D eigenvalue weighted by molar-refractivity contribution is 0.0638. The van der Waals surface area contributed by atoms with Gasteiger partial charge in [0.2, 0.25) is 12.5 Å². The van der Waals surface area contributed by atoms with Crippen molar-refractivity contribution < 1.29 is 24.2 Å². The average Bonchev–Trinajstić information content (AvgIpc) is 3.08. The molecule has 0 amide bonds. The summed E-state index contributed by atoms with van der Waals surface area (Å²) in [4.78, 5) is 5.49. The number of ether oxygens (including phenoxy) is 3. The molecule has 0 radical (unpaired) electrons. The highest BCUT2D eigenvalue weighted by Crippen LogP contribution is 2.55. The third-order valence-electron chi connectivity index (χ3n) is 3.60. The number of nitrogens with zero attached hydrogens (tertiary/aromatic N) is 1. The molecular weight excluding hydrogens is 410 g/mol. The van der Waals surface area contributed by atoms with E-state index in [1.165, 1.54) is 0 Å². The van der Waals surface area contributed by atoms with Gasteiger partial charge in [0.1, 0.15) is 0 Å². The van der Waals surface area contributed by atoms with E-state index in [9.17, 15) is 5.11 Å². The molecule has 1 aromatic rings. The molecule has 21 heavy (non-hydrogen) atoms. The third kappa shape index (κ3) is 2.20. The molecular formula is C13H13Br2NO5. The minimum atomic E-state index is -0.348. The van der Waals surface area contributed by atoms with Crippen LogP contribution in [0.5, 0.6) is 17.2 Å². The number of halogens is 2. The number of fused-ring (bicyclic) bond motifs is 1. The van der Waals surface area contributed by atoms with E-state index < -0.39 is 0 Å². The summed E-state index contributed by atoms with van der Waals surface area (Å²) in [6.07, 6.45) is -0.348. The largest absolute Gasteiger partial charge is 0.492 e. The fraction of sp³-hybridized carbons (Fsp3) is 0.462. The second-order valence-electron chi connectivity index (χ2n) is 4.70. The first-order valence-corrected chi connectivity index (χ1v) is 7.86. The molecule has 2 aliphatic rings. The van der Waals surface area contributed by atoms with E-state index in [1.807, 2.05) is 6.92 Å². The molecule has 2 atom stereocenters. The highest BCUT2D eigenvalue weighted by Gasteiger charge is 2.39. The Morgan fingerprint density at radius 3 is 2.62 bits per heavy atom. The summed E-state index contributed by atoms with van der Waals surface area (Å²) in [5.74, 6) is 1.62. The van der Waals surface area contributed by atoms with Crippen molar-refractivity contribution in [3.63, 3.8) is 0 Å². The van der Waals surface area contributed by atoms with Crippen LogP contribution < -0.4 is 14.2 Å². The van der Waals surface area contributed by atoms with Crippen LogP contribution in [0.3, 0.4) is 0 Å². The van der Waals surface area contributed by atoms with E-state index in [-0.39, 0.29) is 25.4 Å². The number of rotatable bonds is 3. The molecule has 2 heterocycles. The van der Waals surface area contributed by atoms with Crippen LogP contribution in [0.4, 0.5) is 0 Å². The number of methoxy groups -OCH3 is 1. The van der Waals surface area contributed by atoms with Crippen molar-refractivity contribution in [2.75, 3.05) is 20.5 Å². The SMILES string of the molecule is COc1c(Br)c([C@@H]2ON=C(CO)[C@H]2C)c(Br)c2c1OCO2. The topological polar surface area (TPSA) is 69.5 Å². The van der Waals surface area contributed by atoms with Crippen molar-refractivity contribution in [3.05, 3.63) is 14.5 Å². The lowest BCUT2D eigenvalue weighted by Gasteiger charge is -2.20. The minimum absolute atomic E-state index is 0.0623. The van der Waals surface area contributed by atoms with Crippen molar-refractivity contribution in [2.24, 2.45) is 11.1 Å². The zero-order chi connectivity index (χ0) is 15.1. The minimum Gasteiger partial charge on any atom is -0.492 e. The van der Waals surface area contributed by atoms with E-state index >= 15 is 0 Å². The van der Waals surface area contributed by atoms with Crippen molar-refractivity contribution in [1.82, 2.24) is 0 Å². The summed E-state index contributed by atoms with van der Waals surface area (Å²) in [5.41, 5.74) is 1.42. The zero-order valence-corrected chi connectivity index (χ0v) is 14.5. The van der Waals surface area contributed by atoms with Crippen LogP contribution in [0.2, 0.25) is 0 Å². The molecule has 0 unspecified atom stereocenters. The molecule has 1 aromatic carbocycles. The van der Waals surface area contributed by atoms with Crippen LogP contribution in [0.1, 0.15) is 18.6 Å². The monoisotopic (exact) mass is 421 g/mol. The Labute approximate surface area is 138 Å². The normalized spacial score (nSPS) is 23.0. The van der Waals surface area contributed by atoms with Gasteiger partial charge in [-0.05, 0) is 31.9 Å². The summed E-state index contributed by atoms with van der Waals surface area (Å²) in [6.45, 7) is 1.96. The predicted octanol–water partition coefficient (Wildman–Crippen LogP) is 3.00. The second kappa shape index (κ2) is 5.66. The molecule has 3 rings (SSSR count). The van der Waals surface area contributed by atoms with Crippen LogP contribution in [0.15, 0.2) is 14.1 Å². The molecule has 0 saturated carbocycles. The van der Waals surface area contributed by atoms with Gasteiger partial charge in [0.15, 0.2) is 17.6 Å². The summed E-state index contributed by atoms with van der Waals surface area (Å²) in [5, 5.41) is 13.2. The number of oxime groups is 1. The maximum Gasteiger partial charge on any atom is 0.231 e. The highest BCUT2D eigenvalue weighted by atomic mass is 79.9. The van der Waals surface area contributed by atoms with Crippen molar-refractivity contribution >= 4 is 37.6 Å². The van der Waals surface area contributed by atoms with E-state index in [4.69, 9.17) is 19.0 Å². The molecule has 0 bridgehead atoms. The number of hydrogen-bond acceptors (Lipinski definition) is 6. The van der Waals surface area contributed by atoms with Crippen molar-refractivity contribution in [3.8, 4) is 17.2 Å². The van der Waals surface area contributed by atoms with Crippen LogP contribution in [-0.4, -0.2) is 31.3 Å². The van der Waals surface area contributed by atoms with Crippen molar-refractivity contribution in [2.45, 2.75) is 13.0 Å². The number of hydrogen-bond donors (Lipinski definition) is 1. The first kappa shape index (κ1) is 14.9. The van der Waals surface area contributed by atoms with Gasteiger partial charge in [-0.2, -0.15) is 0 Å². The van der Waals surface area contributed by atoms with Gasteiger partial charge in [0.25, 0.3) is 0 Å². The zero-order valence-electron chi connectivity index (χ0n) is 11.4. The Bertz CT molecular complexity index is 619. The molecule has 0 saturated heterocycles. The van der Waals surface area contributed by atoms with Gasteiger partial charge < -0.3 is 24.2 Å². The van der Waals surface area contributed by atoms with E-state index in [1.54, 1.807) is 7.11 Å². The van der Waals surface area contributed by atoms with E-state index in [0.29, 0.717) is 27.4 Å². The van der Waals surface area contributed by atoms with Gasteiger partial charge in [0, 0.05) is 11.5 Å². The maximum absolute atomic E-state index is 9.29. The Morgan fingerprint density at radius 2 is 2.00 bits per heavy atom. The number of aliphatic hydroxyl groups excluding tert-OH is 1. The summed E-state index contributed by atoms with van der Waals surface area (Å²) < 4.78 is 17.8. The Kier molecular flexibility index (Phi) is 4.02. The van der Waals surface area contributed by atoms with Crippen LogP contribution in [0.25, 0.3) is 0 Å². The number of aliphatic hydroxyl groups is 1. The first-order valence-electron chi connectivity index (χ1n) is 6.28. The van der Waals surface area contributed by atoms with Crippen LogP contribution in [-0.2, 0) is 4.84 Å². The van der Waals surface area contributed by atoms with Crippen LogP contribution in [0, 0.1) is 5.92 Å². The van der Waals surface area contributed by atoms with E-state index in [2.05, 4.69) is 37.0 Å². The van der Waals surface area contributed by atoms with Crippen molar-refractivity contribution in [1.29, 1.82) is 0 Å². The molecule has 1 N–H and O–H groups in total. The maximum atomic E-state index is 9.29. The molecule has 0 aliphatic carbocycles. The molecule has 0 fully saturated rings. The van der Waals surface area contributed by atoms with Gasteiger partial charge in [-0.3, -0.25) is 0 Å². The highest BCUT2D eigenvalue weighted by molar-refractivity contribution is 9.11. The Morgan fingerprint density at radius 1 is 1.29 bits per heavy atom. The van der Waals surface area contributed by atoms with E-state index in [0.717, 1.165) is 10.0 Å². The second-order valence-corrected chi connectivity index (χ2v) is 6.28. The predicted molar refractivity (Wildman–Crippen MR) is 82.0 cm³/mol. The standard InChI is InChI=1S/C13H13Br2NO5/c1-5-6(3-17)16-21-10(5)7-8(14)11(18-2)13-12(9(7)15)19-4-20-13/h5,10,17H,3-4H2,1-2H3/t5-,10-/m1/s1. The van der Waals surface area contributed by atoms with Gasteiger partial charge in [-0.25, -0.2) is 0 Å².